The van der Waals surface area contributed by atoms with Crippen molar-refractivity contribution in [2.75, 3.05) is 0 Å². The van der Waals surface area contributed by atoms with Gasteiger partial charge in [0, 0.05) is 27.0 Å². The van der Waals surface area contributed by atoms with Crippen molar-refractivity contribution in [3.05, 3.63) is 174 Å². The minimum absolute atomic E-state index is 0.275. The summed E-state index contributed by atoms with van der Waals surface area (Å²) in [6.45, 7) is 8.75. The van der Waals surface area contributed by atoms with Gasteiger partial charge in [-0.2, -0.15) is 0 Å². The number of aromatic nitrogens is 2. The van der Waals surface area contributed by atoms with Crippen LogP contribution in [-0.4, -0.2) is 23.1 Å². The zero-order chi connectivity index (χ0) is 30.8. The van der Waals surface area contributed by atoms with E-state index in [1.165, 1.54) is 15.9 Å². The van der Waals surface area contributed by atoms with Crippen molar-refractivity contribution < 1.29 is 5.11 Å². The van der Waals surface area contributed by atoms with Gasteiger partial charge in [-0.25, -0.2) is 0 Å². The smallest absolute Gasteiger partial charge is 0.223 e. The molecular formula is C40H38N2OSi. The maximum atomic E-state index is 10.8. The molecule has 0 spiro atoms. The molecule has 2 aromatic heterocycles. The molecule has 0 atom stereocenters. The molecule has 3 nitrogen and oxygen atoms in total. The van der Waals surface area contributed by atoms with Crippen LogP contribution in [0.4, 0.5) is 0 Å². The second kappa shape index (κ2) is 11.7. The number of phenolic OH excluding ortho intramolecular Hbond substituents is 1. The first-order valence-electron chi connectivity index (χ1n) is 15.2. The van der Waals surface area contributed by atoms with Gasteiger partial charge < -0.3 is 5.11 Å². The Morgan fingerprint density at radius 2 is 0.886 bits per heavy atom. The quantitative estimate of drug-likeness (QED) is 0.215. The lowest BCUT2D eigenvalue weighted by Gasteiger charge is -2.35. The number of nitrogens with zero attached hydrogens (tertiary/aromatic N) is 2. The van der Waals surface area contributed by atoms with Gasteiger partial charge in [-0.3, -0.25) is 9.97 Å². The van der Waals surface area contributed by atoms with Gasteiger partial charge in [-0.1, -0.05) is 149 Å². The summed E-state index contributed by atoms with van der Waals surface area (Å²) in [6.07, 6.45) is 0. The summed E-state index contributed by atoms with van der Waals surface area (Å²) in [7, 11) is -3.02. The summed E-state index contributed by atoms with van der Waals surface area (Å²) in [6, 6.07) is 52.6. The van der Waals surface area contributed by atoms with Crippen molar-refractivity contribution in [1.29, 1.82) is 0 Å². The average molecular weight is 591 g/mol. The van der Waals surface area contributed by atoms with Gasteiger partial charge in [0.2, 0.25) is 8.07 Å². The molecule has 1 N–H and O–H groups in total. The van der Waals surface area contributed by atoms with Crippen LogP contribution in [0, 0.1) is 0 Å². The third kappa shape index (κ3) is 5.05. The van der Waals surface area contributed by atoms with Crippen LogP contribution >= 0.6 is 0 Å². The molecule has 6 rings (SSSR count). The lowest BCUT2D eigenvalue weighted by Crippen LogP contribution is -2.76. The fraction of sp³-hybridized carbons (Fsp3) is 0.150. The number of benzene rings is 4. The number of phenols is 1. The number of rotatable bonds is 8. The van der Waals surface area contributed by atoms with E-state index in [4.69, 9.17) is 9.97 Å². The SMILES string of the molecule is CC(C)(c1ccccc1)c1cccc([Si](c2ccccc2)(c2ccccc2)c2cccc(C(C)(C)c3ccccc3O)n2)n1. The van der Waals surface area contributed by atoms with E-state index in [1.807, 2.05) is 18.2 Å². The van der Waals surface area contributed by atoms with E-state index < -0.39 is 13.5 Å². The first kappa shape index (κ1) is 29.3. The molecule has 0 fully saturated rings. The zero-order valence-corrected chi connectivity index (χ0v) is 26.8. The summed E-state index contributed by atoms with van der Waals surface area (Å²) < 4.78 is 0. The molecule has 0 aliphatic heterocycles. The Bertz CT molecular complexity index is 1830. The summed E-state index contributed by atoms with van der Waals surface area (Å²) in [5, 5.41) is 15.3. The number of aromatic hydroxyl groups is 1. The number of hydrogen-bond acceptors (Lipinski definition) is 3. The maximum Gasteiger partial charge on any atom is 0.223 e. The number of hydrogen-bond donors (Lipinski definition) is 1. The molecule has 44 heavy (non-hydrogen) atoms. The van der Waals surface area contributed by atoms with Crippen LogP contribution in [0.1, 0.15) is 50.2 Å². The molecule has 2 heterocycles. The monoisotopic (exact) mass is 590 g/mol. The average Bonchev–Trinajstić information content (AvgIpc) is 3.07. The molecule has 6 aromatic rings. The molecule has 0 saturated carbocycles. The molecule has 0 radical (unpaired) electrons. The third-order valence-electron chi connectivity index (χ3n) is 9.03. The van der Waals surface area contributed by atoms with E-state index in [-0.39, 0.29) is 11.2 Å². The fourth-order valence-electron chi connectivity index (χ4n) is 6.39. The minimum atomic E-state index is -3.02. The van der Waals surface area contributed by atoms with Crippen molar-refractivity contribution in [2.24, 2.45) is 0 Å². The van der Waals surface area contributed by atoms with Gasteiger partial charge in [-0.15, -0.1) is 0 Å². The second-order valence-electron chi connectivity index (χ2n) is 12.4. The van der Waals surface area contributed by atoms with Crippen LogP contribution in [0.2, 0.25) is 0 Å². The summed E-state index contributed by atoms with van der Waals surface area (Å²) >= 11 is 0. The summed E-state index contributed by atoms with van der Waals surface area (Å²) in [4.78, 5) is 11.1. The van der Waals surface area contributed by atoms with E-state index in [0.29, 0.717) is 0 Å². The van der Waals surface area contributed by atoms with Gasteiger partial charge in [-0.05, 0) is 46.3 Å². The maximum absolute atomic E-state index is 10.8. The van der Waals surface area contributed by atoms with Crippen molar-refractivity contribution >= 4 is 29.1 Å². The van der Waals surface area contributed by atoms with E-state index in [0.717, 1.165) is 27.6 Å². The molecule has 0 amide bonds. The van der Waals surface area contributed by atoms with Crippen LogP contribution in [0.15, 0.2) is 152 Å². The van der Waals surface area contributed by atoms with Crippen LogP contribution < -0.4 is 21.0 Å². The van der Waals surface area contributed by atoms with Crippen LogP contribution in [0.3, 0.4) is 0 Å². The molecular weight excluding hydrogens is 553 g/mol. The van der Waals surface area contributed by atoms with Crippen molar-refractivity contribution in [3.63, 3.8) is 0 Å². The van der Waals surface area contributed by atoms with Crippen molar-refractivity contribution in [2.45, 2.75) is 38.5 Å². The molecule has 0 aliphatic rings. The van der Waals surface area contributed by atoms with Gasteiger partial charge in [0.15, 0.2) is 0 Å². The van der Waals surface area contributed by atoms with Gasteiger partial charge >= 0.3 is 0 Å². The van der Waals surface area contributed by atoms with E-state index in [2.05, 4.69) is 155 Å². The molecule has 218 valence electrons. The highest BCUT2D eigenvalue weighted by Crippen LogP contribution is 2.35. The minimum Gasteiger partial charge on any atom is -0.508 e. The van der Waals surface area contributed by atoms with Crippen LogP contribution in [0.25, 0.3) is 0 Å². The predicted octanol–water partition coefficient (Wildman–Crippen LogP) is 6.21. The Kier molecular flexibility index (Phi) is 7.79. The van der Waals surface area contributed by atoms with Crippen LogP contribution in [-0.2, 0) is 10.8 Å². The largest absolute Gasteiger partial charge is 0.508 e. The van der Waals surface area contributed by atoms with E-state index >= 15 is 0 Å². The molecule has 0 bridgehead atoms. The molecule has 4 aromatic carbocycles. The Hall–Kier alpha value is -4.80. The first-order chi connectivity index (χ1) is 21.3. The fourth-order valence-corrected chi connectivity index (χ4v) is 10.8. The van der Waals surface area contributed by atoms with E-state index in [1.54, 1.807) is 6.07 Å². The Balaban J connectivity index is 1.65. The third-order valence-corrected chi connectivity index (χ3v) is 13.5. The van der Waals surface area contributed by atoms with Gasteiger partial charge in [0.1, 0.15) is 5.75 Å². The summed E-state index contributed by atoms with van der Waals surface area (Å²) in [5.74, 6) is 0.275. The zero-order valence-electron chi connectivity index (χ0n) is 25.8. The van der Waals surface area contributed by atoms with Crippen LogP contribution in [0.5, 0.6) is 5.75 Å². The highest BCUT2D eigenvalue weighted by atomic mass is 28.3. The van der Waals surface area contributed by atoms with E-state index in [9.17, 15) is 5.11 Å². The van der Waals surface area contributed by atoms with Crippen molar-refractivity contribution in [3.8, 4) is 5.75 Å². The number of para-hydroxylation sites is 1. The second-order valence-corrected chi connectivity index (χ2v) is 16.1. The van der Waals surface area contributed by atoms with Crippen molar-refractivity contribution in [1.82, 2.24) is 9.97 Å². The highest BCUT2D eigenvalue weighted by molar-refractivity contribution is 7.19. The predicted molar refractivity (Wildman–Crippen MR) is 184 cm³/mol. The van der Waals surface area contributed by atoms with Gasteiger partial charge in [0.05, 0.1) is 11.4 Å². The highest BCUT2D eigenvalue weighted by Gasteiger charge is 2.45. The van der Waals surface area contributed by atoms with Gasteiger partial charge in [0.25, 0.3) is 0 Å². The summed E-state index contributed by atoms with van der Waals surface area (Å²) in [5.41, 5.74) is 3.17. The Morgan fingerprint density at radius 1 is 0.455 bits per heavy atom. The Labute approximate surface area is 262 Å². The Morgan fingerprint density at radius 3 is 1.39 bits per heavy atom. The molecule has 4 heteroatoms. The molecule has 0 unspecified atom stereocenters. The first-order valence-corrected chi connectivity index (χ1v) is 17.2. The lowest BCUT2D eigenvalue weighted by atomic mass is 9.80. The number of pyridine rings is 2. The molecule has 0 aliphatic carbocycles. The molecule has 0 saturated heterocycles. The lowest BCUT2D eigenvalue weighted by molar-refractivity contribution is 0.451. The topological polar surface area (TPSA) is 46.0 Å². The normalized spacial score (nSPS) is 12.2. The standard InChI is InChI=1S/C40H38N2OSi/c1-39(2,30-18-8-5-9-19-30)35-26-16-28-37(41-35)44(31-20-10-6-11-21-31,32-22-12-7-13-23-32)38-29-17-27-36(42-38)40(3,4)33-24-14-15-25-34(33)43/h5-29,43H,1-4H3.